The van der Waals surface area contributed by atoms with E-state index in [-0.39, 0.29) is 0 Å². The van der Waals surface area contributed by atoms with Crippen molar-refractivity contribution in [3.05, 3.63) is 35.4 Å². The second-order valence-corrected chi connectivity index (χ2v) is 5.17. The summed E-state index contributed by atoms with van der Waals surface area (Å²) in [7, 11) is 1.80. The largest absolute Gasteiger partial charge is 0.381 e. The summed E-state index contributed by atoms with van der Waals surface area (Å²) in [4.78, 5) is 2.50. The molecule has 1 aromatic carbocycles. The van der Waals surface area contributed by atoms with Crippen LogP contribution in [-0.2, 0) is 11.3 Å². The van der Waals surface area contributed by atoms with Crippen molar-refractivity contribution in [1.82, 2.24) is 4.90 Å². The molecule has 0 aliphatic carbocycles. The zero-order valence-electron chi connectivity index (χ0n) is 11.4. The van der Waals surface area contributed by atoms with Crippen molar-refractivity contribution in [2.75, 3.05) is 20.2 Å². The summed E-state index contributed by atoms with van der Waals surface area (Å²) in [6.45, 7) is 4.97. The average Bonchev–Trinajstić information content (AvgIpc) is 2.41. The highest BCUT2D eigenvalue weighted by Gasteiger charge is 2.27. The maximum atomic E-state index is 5.91. The highest BCUT2D eigenvalue weighted by molar-refractivity contribution is 5.25. The average molecular weight is 248 g/mol. The summed E-state index contributed by atoms with van der Waals surface area (Å²) in [5.74, 6) is 0. The minimum Gasteiger partial charge on any atom is -0.381 e. The molecule has 18 heavy (non-hydrogen) atoms. The topological polar surface area (TPSA) is 38.5 Å². The molecule has 1 heterocycles. The minimum atomic E-state index is 0.381. The van der Waals surface area contributed by atoms with Gasteiger partial charge in [0.15, 0.2) is 0 Å². The summed E-state index contributed by atoms with van der Waals surface area (Å²) < 4.78 is 5.46. The molecule has 0 aromatic heterocycles. The summed E-state index contributed by atoms with van der Waals surface area (Å²) in [5.41, 5.74) is 8.68. The lowest BCUT2D eigenvalue weighted by molar-refractivity contribution is 0.0102. The maximum Gasteiger partial charge on any atom is 0.0599 e. The van der Waals surface area contributed by atoms with Crippen molar-refractivity contribution >= 4 is 0 Å². The molecule has 2 atom stereocenters. The fraction of sp³-hybridized carbons (Fsp3) is 0.600. The third kappa shape index (κ3) is 3.10. The van der Waals surface area contributed by atoms with E-state index in [1.165, 1.54) is 11.1 Å². The number of benzene rings is 1. The second-order valence-electron chi connectivity index (χ2n) is 5.17. The third-order valence-electron chi connectivity index (χ3n) is 4.03. The van der Waals surface area contributed by atoms with Gasteiger partial charge in [0.05, 0.1) is 6.10 Å². The molecule has 0 radical (unpaired) electrons. The number of hydrogen-bond donors (Lipinski definition) is 1. The van der Waals surface area contributed by atoms with Crippen LogP contribution in [0.1, 0.15) is 24.0 Å². The lowest BCUT2D eigenvalue weighted by Crippen LogP contribution is -2.48. The lowest BCUT2D eigenvalue weighted by atomic mass is 9.97. The smallest absolute Gasteiger partial charge is 0.0599 e. The Kier molecular flexibility index (Phi) is 4.75. The van der Waals surface area contributed by atoms with E-state index in [4.69, 9.17) is 10.5 Å². The number of likely N-dealkylation sites (tertiary alicyclic amines) is 1. The van der Waals surface area contributed by atoms with Gasteiger partial charge in [0.2, 0.25) is 0 Å². The van der Waals surface area contributed by atoms with E-state index in [1.807, 2.05) is 0 Å². The van der Waals surface area contributed by atoms with Crippen LogP contribution < -0.4 is 5.73 Å². The predicted molar refractivity (Wildman–Crippen MR) is 74.5 cm³/mol. The first kappa shape index (κ1) is 13.5. The van der Waals surface area contributed by atoms with E-state index in [1.54, 1.807) is 7.11 Å². The van der Waals surface area contributed by atoms with Crippen LogP contribution in [0.25, 0.3) is 0 Å². The van der Waals surface area contributed by atoms with Crippen molar-refractivity contribution in [3.8, 4) is 0 Å². The van der Waals surface area contributed by atoms with Crippen LogP contribution in [0.5, 0.6) is 0 Å². The Morgan fingerprint density at radius 3 is 2.83 bits per heavy atom. The number of methoxy groups -OCH3 is 1. The number of nitrogens with two attached hydrogens (primary N) is 1. The molecule has 1 aliphatic heterocycles. The molecule has 2 rings (SSSR count). The third-order valence-corrected chi connectivity index (χ3v) is 4.03. The molecule has 1 aromatic rings. The predicted octanol–water partition coefficient (Wildman–Crippen LogP) is 1.93. The molecule has 3 nitrogen and oxygen atoms in total. The van der Waals surface area contributed by atoms with Gasteiger partial charge in [-0.05, 0) is 30.9 Å². The van der Waals surface area contributed by atoms with Crippen LogP contribution in [0, 0.1) is 6.92 Å². The Labute approximate surface area is 110 Å². The monoisotopic (exact) mass is 248 g/mol. The fourth-order valence-corrected chi connectivity index (χ4v) is 2.74. The number of piperidine rings is 1. The normalized spacial score (nSPS) is 25.3. The summed E-state index contributed by atoms with van der Waals surface area (Å²) in [6, 6.07) is 9.04. The Bertz CT molecular complexity index is 381. The molecule has 3 heteroatoms. The number of aryl methyl sites for hydroxylation is 1. The Morgan fingerprint density at radius 1 is 1.39 bits per heavy atom. The van der Waals surface area contributed by atoms with E-state index < -0.39 is 0 Å². The number of ether oxygens (including phenoxy) is 1. The molecule has 0 spiro atoms. The minimum absolute atomic E-state index is 0.381. The van der Waals surface area contributed by atoms with Gasteiger partial charge in [0.1, 0.15) is 0 Å². The summed E-state index contributed by atoms with van der Waals surface area (Å²) >= 11 is 0. The summed E-state index contributed by atoms with van der Waals surface area (Å²) in [6.07, 6.45) is 2.55. The molecule has 1 aliphatic rings. The first-order valence-electron chi connectivity index (χ1n) is 6.76. The highest BCUT2D eigenvalue weighted by Crippen LogP contribution is 2.22. The van der Waals surface area contributed by atoms with E-state index in [0.29, 0.717) is 18.7 Å². The Hall–Kier alpha value is -0.900. The Morgan fingerprint density at radius 2 is 2.17 bits per heavy atom. The number of hydrogen-bond acceptors (Lipinski definition) is 3. The highest BCUT2D eigenvalue weighted by atomic mass is 16.5. The molecular formula is C15H24N2O. The van der Waals surface area contributed by atoms with E-state index >= 15 is 0 Å². The van der Waals surface area contributed by atoms with Gasteiger partial charge in [-0.25, -0.2) is 0 Å². The first-order valence-corrected chi connectivity index (χ1v) is 6.76. The molecule has 0 saturated carbocycles. The van der Waals surface area contributed by atoms with Gasteiger partial charge in [-0.2, -0.15) is 0 Å². The van der Waals surface area contributed by atoms with Gasteiger partial charge >= 0.3 is 0 Å². The molecule has 2 N–H and O–H groups in total. The number of rotatable bonds is 4. The van der Waals surface area contributed by atoms with Gasteiger partial charge in [0, 0.05) is 32.8 Å². The van der Waals surface area contributed by atoms with Crippen LogP contribution in [0.3, 0.4) is 0 Å². The standard InChI is InChI=1S/C15H24N2O/c1-12-5-3-4-6-13(12)11-17-8-7-15(18-2)9-14(17)10-16/h3-6,14-15H,7-11,16H2,1-2H3. The lowest BCUT2D eigenvalue weighted by Gasteiger charge is -2.38. The number of nitrogens with zero attached hydrogens (tertiary/aromatic N) is 1. The first-order chi connectivity index (χ1) is 8.74. The maximum absolute atomic E-state index is 5.91. The summed E-state index contributed by atoms with van der Waals surface area (Å²) in [5, 5.41) is 0. The van der Waals surface area contributed by atoms with Gasteiger partial charge in [-0.15, -0.1) is 0 Å². The van der Waals surface area contributed by atoms with Crippen LogP contribution in [0.4, 0.5) is 0 Å². The van der Waals surface area contributed by atoms with Crippen molar-refractivity contribution in [2.24, 2.45) is 5.73 Å². The van der Waals surface area contributed by atoms with E-state index in [9.17, 15) is 0 Å². The zero-order chi connectivity index (χ0) is 13.0. The van der Waals surface area contributed by atoms with Crippen molar-refractivity contribution in [2.45, 2.75) is 38.5 Å². The van der Waals surface area contributed by atoms with Crippen LogP contribution >= 0.6 is 0 Å². The second kappa shape index (κ2) is 6.32. The molecular weight excluding hydrogens is 224 g/mol. The SMILES string of the molecule is COC1CCN(Cc2ccccc2C)C(CN)C1. The van der Waals surface area contributed by atoms with Crippen molar-refractivity contribution < 1.29 is 4.74 Å². The molecule has 0 amide bonds. The van der Waals surface area contributed by atoms with E-state index in [2.05, 4.69) is 36.1 Å². The van der Waals surface area contributed by atoms with Crippen LogP contribution in [0.2, 0.25) is 0 Å². The van der Waals surface area contributed by atoms with Crippen LogP contribution in [0.15, 0.2) is 24.3 Å². The van der Waals surface area contributed by atoms with Gasteiger partial charge < -0.3 is 10.5 Å². The van der Waals surface area contributed by atoms with E-state index in [0.717, 1.165) is 25.9 Å². The fourth-order valence-electron chi connectivity index (χ4n) is 2.74. The zero-order valence-corrected chi connectivity index (χ0v) is 11.4. The van der Waals surface area contributed by atoms with Crippen molar-refractivity contribution in [3.63, 3.8) is 0 Å². The molecule has 1 fully saturated rings. The molecule has 2 unspecified atom stereocenters. The molecule has 0 bridgehead atoms. The molecule has 100 valence electrons. The quantitative estimate of drug-likeness (QED) is 0.885. The van der Waals surface area contributed by atoms with Crippen LogP contribution in [-0.4, -0.2) is 37.2 Å². The van der Waals surface area contributed by atoms with Crippen molar-refractivity contribution in [1.29, 1.82) is 0 Å². The van der Waals surface area contributed by atoms with Gasteiger partial charge in [-0.3, -0.25) is 4.90 Å². The molecule has 1 saturated heterocycles. The van der Waals surface area contributed by atoms with Gasteiger partial charge in [0.25, 0.3) is 0 Å². The van der Waals surface area contributed by atoms with Gasteiger partial charge in [-0.1, -0.05) is 24.3 Å². The Balaban J connectivity index is 2.02.